The lowest BCUT2D eigenvalue weighted by Gasteiger charge is -2.69. The number of fused-ring (bicyclic) bond motifs is 2. The smallest absolute Gasteiger partial charge is 0.358 e. The summed E-state index contributed by atoms with van der Waals surface area (Å²) in [6.45, 7) is 13.1. The van der Waals surface area contributed by atoms with Crippen molar-refractivity contribution in [2.75, 3.05) is 50.2 Å². The van der Waals surface area contributed by atoms with E-state index in [1.54, 1.807) is 18.4 Å². The summed E-state index contributed by atoms with van der Waals surface area (Å²) in [5, 5.41) is 31.4. The lowest BCUT2D eigenvalue weighted by molar-refractivity contribution is -0.247. The number of benzene rings is 2. The van der Waals surface area contributed by atoms with Crippen molar-refractivity contribution in [3.8, 4) is 16.9 Å². The highest BCUT2D eigenvalue weighted by Gasteiger charge is 2.66. The number of rotatable bonds is 17. The van der Waals surface area contributed by atoms with Crippen LogP contribution in [0.1, 0.15) is 98.1 Å². The molecular formula is C51H61N9O5S. The normalized spacial score (nSPS) is 24.2. The number of nitrogens with zero attached hydrogens (tertiary/aromatic N) is 7. The topological polar surface area (TPSA) is 162 Å². The van der Waals surface area contributed by atoms with Gasteiger partial charge < -0.3 is 34.9 Å². The van der Waals surface area contributed by atoms with Crippen molar-refractivity contribution >= 4 is 50.1 Å². The second kappa shape index (κ2) is 17.6. The van der Waals surface area contributed by atoms with Gasteiger partial charge in [-0.25, -0.2) is 14.8 Å². The van der Waals surface area contributed by atoms with Crippen LogP contribution in [0.2, 0.25) is 0 Å². The molecule has 4 aliphatic carbocycles. The molecule has 14 nitrogen and oxygen atoms in total. The number of nitrogens with one attached hydrogen (secondary N) is 2. The van der Waals surface area contributed by atoms with E-state index in [0.717, 1.165) is 126 Å². The molecule has 346 valence electrons. The maximum atomic E-state index is 14.4. The first kappa shape index (κ1) is 44.4. The molecule has 5 aliphatic rings. The summed E-state index contributed by atoms with van der Waals surface area (Å²) in [7, 11) is 1.63. The van der Waals surface area contributed by atoms with Crippen molar-refractivity contribution in [3.05, 3.63) is 94.9 Å². The zero-order valence-corrected chi connectivity index (χ0v) is 39.6. The third kappa shape index (κ3) is 8.66. The van der Waals surface area contributed by atoms with Crippen LogP contribution in [0.15, 0.2) is 66.9 Å². The van der Waals surface area contributed by atoms with Gasteiger partial charge in [-0.15, -0.1) is 10.2 Å². The number of thiazole rings is 1. The van der Waals surface area contributed by atoms with Crippen LogP contribution >= 0.6 is 11.3 Å². The van der Waals surface area contributed by atoms with Gasteiger partial charge in [0, 0.05) is 54.2 Å². The van der Waals surface area contributed by atoms with E-state index in [4.69, 9.17) is 34.4 Å². The van der Waals surface area contributed by atoms with Gasteiger partial charge in [0.1, 0.15) is 18.2 Å². The first-order chi connectivity index (χ1) is 31.9. The van der Waals surface area contributed by atoms with Crippen molar-refractivity contribution in [1.29, 1.82) is 0 Å². The summed E-state index contributed by atoms with van der Waals surface area (Å²) >= 11 is 1.59. The third-order valence-corrected chi connectivity index (χ3v) is 15.5. The van der Waals surface area contributed by atoms with Crippen molar-refractivity contribution < 1.29 is 24.1 Å². The standard InChI is InChI=1S/C51H61N9O5S/c1-33-37-10-8-21-59(45(37)58-57-44(33)56-47-54-40-11-6-7-12-41(40)66-47)42-18-17-38(43(55-42)46(62)64-25-35-13-15-36(63-5)16-14-35)39-24-53-60(34(39)2)32-50-27-48(3)26-49(4,28-50)30-51(29-48,31-50)65-23-20-52-19-9-22-61/h6-7,11-18,24,52,61H,8-10,19-23,25-32H2,1-5H3,(H,54,56,57)/t48-,49+,50+,51-. The van der Waals surface area contributed by atoms with Gasteiger partial charge in [-0.3, -0.25) is 4.68 Å². The van der Waals surface area contributed by atoms with E-state index in [9.17, 15) is 9.90 Å². The van der Waals surface area contributed by atoms with Crippen LogP contribution in [0.4, 0.5) is 22.6 Å². The number of aromatic nitrogens is 6. The Labute approximate surface area is 390 Å². The molecule has 2 aromatic carbocycles. The van der Waals surface area contributed by atoms with E-state index in [0.29, 0.717) is 30.4 Å². The molecule has 0 radical (unpaired) electrons. The lowest BCUT2D eigenvalue weighted by atomic mass is 9.39. The highest BCUT2D eigenvalue weighted by atomic mass is 32.1. The zero-order valence-electron chi connectivity index (χ0n) is 38.8. The van der Waals surface area contributed by atoms with Gasteiger partial charge in [-0.05, 0) is 136 Å². The second-order valence-electron chi connectivity index (χ2n) is 20.2. The number of carbonyl (C=O) groups excluding carboxylic acids is 1. The van der Waals surface area contributed by atoms with Gasteiger partial charge in [0.25, 0.3) is 0 Å². The second-order valence-corrected chi connectivity index (χ2v) is 21.2. The Kier molecular flexibility index (Phi) is 11.9. The average molecular weight is 912 g/mol. The van der Waals surface area contributed by atoms with Gasteiger partial charge in [0.2, 0.25) is 0 Å². The minimum Gasteiger partial charge on any atom is -0.497 e. The fraction of sp³-hybridized carbons (Fsp3) is 0.490. The van der Waals surface area contributed by atoms with E-state index in [1.165, 1.54) is 6.42 Å². The minimum atomic E-state index is -0.517. The summed E-state index contributed by atoms with van der Waals surface area (Å²) in [5.74, 6) is 2.22. The van der Waals surface area contributed by atoms with E-state index in [-0.39, 0.29) is 40.8 Å². The summed E-state index contributed by atoms with van der Waals surface area (Å²) < 4.78 is 21.6. The molecule has 15 heteroatoms. The molecule has 0 amide bonds. The van der Waals surface area contributed by atoms with Crippen LogP contribution in [0.3, 0.4) is 0 Å². The number of aliphatic hydroxyl groups is 1. The number of carbonyl (C=O) groups is 1. The monoisotopic (exact) mass is 911 g/mol. The molecule has 5 heterocycles. The summed E-state index contributed by atoms with van der Waals surface area (Å²) in [6.07, 6.45) is 11.0. The van der Waals surface area contributed by atoms with Gasteiger partial charge in [0.15, 0.2) is 22.5 Å². The van der Waals surface area contributed by atoms with Crippen molar-refractivity contribution in [2.24, 2.45) is 16.2 Å². The number of hydrogen-bond donors (Lipinski definition) is 3. The fourth-order valence-corrected chi connectivity index (χ4v) is 13.7. The molecule has 0 saturated heterocycles. The Morgan fingerprint density at radius 2 is 1.71 bits per heavy atom. The number of pyridine rings is 1. The highest BCUT2D eigenvalue weighted by molar-refractivity contribution is 7.22. The molecule has 0 spiro atoms. The van der Waals surface area contributed by atoms with Crippen molar-refractivity contribution in [2.45, 2.75) is 104 Å². The highest BCUT2D eigenvalue weighted by Crippen LogP contribution is 2.72. The molecule has 4 aromatic heterocycles. The maximum absolute atomic E-state index is 14.4. The van der Waals surface area contributed by atoms with Crippen molar-refractivity contribution in [3.63, 3.8) is 0 Å². The number of esters is 1. The average Bonchev–Trinajstić information content (AvgIpc) is 3.87. The van der Waals surface area contributed by atoms with Crippen molar-refractivity contribution in [1.82, 2.24) is 35.3 Å². The Hall–Kier alpha value is -5.48. The molecule has 4 saturated carbocycles. The van der Waals surface area contributed by atoms with Gasteiger partial charge >= 0.3 is 5.97 Å². The van der Waals surface area contributed by atoms with Crippen LogP contribution < -0.4 is 20.3 Å². The molecule has 4 atom stereocenters. The zero-order chi connectivity index (χ0) is 45.7. The first-order valence-electron chi connectivity index (χ1n) is 23.4. The Morgan fingerprint density at radius 3 is 2.48 bits per heavy atom. The SMILES string of the molecule is COc1ccc(COC(=O)c2nc(N3CCCc4c3nnc(Nc3nc5ccccc5s3)c4C)ccc2-c2cnn(C[C@]34C[C@]5(C)C[C@](C)(C3)C[C@@](OCCNCCCO)(C5)C4)c2C)cc1. The predicted molar refractivity (Wildman–Crippen MR) is 257 cm³/mol. The molecule has 6 aromatic rings. The Morgan fingerprint density at radius 1 is 0.909 bits per heavy atom. The van der Waals surface area contributed by atoms with Crippen LogP contribution in [0.25, 0.3) is 21.3 Å². The van der Waals surface area contributed by atoms with Gasteiger partial charge in [-0.2, -0.15) is 5.10 Å². The number of methoxy groups -OCH3 is 1. The minimum absolute atomic E-state index is 0.0312. The van der Waals surface area contributed by atoms with Crippen LogP contribution in [0.5, 0.6) is 5.75 Å². The fourth-order valence-electron chi connectivity index (χ4n) is 12.9. The van der Waals surface area contributed by atoms with Gasteiger partial charge in [0.05, 0.1) is 35.7 Å². The van der Waals surface area contributed by atoms with E-state index in [2.05, 4.69) is 59.1 Å². The number of anilines is 4. The van der Waals surface area contributed by atoms with Gasteiger partial charge in [-0.1, -0.05) is 49.4 Å². The summed E-state index contributed by atoms with van der Waals surface area (Å²) in [6, 6.07) is 19.6. The predicted octanol–water partition coefficient (Wildman–Crippen LogP) is 9.26. The summed E-state index contributed by atoms with van der Waals surface area (Å²) in [5.41, 5.74) is 6.88. The van der Waals surface area contributed by atoms with Crippen LogP contribution in [0, 0.1) is 30.1 Å². The molecule has 66 heavy (non-hydrogen) atoms. The molecule has 0 unspecified atom stereocenters. The quantitative estimate of drug-likeness (QED) is 0.0587. The summed E-state index contributed by atoms with van der Waals surface area (Å²) in [4.78, 5) is 26.4. The van der Waals surface area contributed by atoms with E-state index >= 15 is 0 Å². The Balaban J connectivity index is 0.945. The van der Waals surface area contributed by atoms with Crippen LogP contribution in [-0.4, -0.2) is 86.6 Å². The molecular weight excluding hydrogens is 851 g/mol. The van der Waals surface area contributed by atoms with E-state index in [1.807, 2.05) is 60.8 Å². The third-order valence-electron chi connectivity index (χ3n) is 14.5. The number of aliphatic hydroxyl groups excluding tert-OH is 1. The van der Waals surface area contributed by atoms with E-state index < -0.39 is 5.97 Å². The first-order valence-corrected chi connectivity index (χ1v) is 24.3. The Bertz CT molecular complexity index is 2700. The molecule has 4 bridgehead atoms. The number of hydrogen-bond acceptors (Lipinski definition) is 14. The molecule has 1 aliphatic heterocycles. The number of ether oxygens (including phenoxy) is 3. The lowest BCUT2D eigenvalue weighted by Crippen LogP contribution is -2.64. The molecule has 11 rings (SSSR count). The molecule has 4 fully saturated rings. The van der Waals surface area contributed by atoms with Crippen LogP contribution in [-0.2, 0) is 29.0 Å². The maximum Gasteiger partial charge on any atom is 0.358 e. The largest absolute Gasteiger partial charge is 0.497 e. The number of para-hydroxylation sites is 1. The molecule has 3 N–H and O–H groups in total.